The fourth-order valence-corrected chi connectivity index (χ4v) is 1.75. The van der Waals surface area contributed by atoms with Gasteiger partial charge < -0.3 is 10.8 Å². The lowest BCUT2D eigenvalue weighted by atomic mass is 9.82. The van der Waals surface area contributed by atoms with E-state index < -0.39 is 12.0 Å². The average molecular weight is 221 g/mol. The fraction of sp³-hybridized carbons (Fsp3) is 0.462. The number of carboxylic acids is 1. The highest BCUT2D eigenvalue weighted by atomic mass is 16.4. The molecule has 0 radical (unpaired) electrons. The van der Waals surface area contributed by atoms with Crippen molar-refractivity contribution in [3.05, 3.63) is 35.4 Å². The average Bonchev–Trinajstić information content (AvgIpc) is 2.16. The van der Waals surface area contributed by atoms with Crippen molar-refractivity contribution in [2.75, 3.05) is 0 Å². The summed E-state index contributed by atoms with van der Waals surface area (Å²) < 4.78 is 0. The van der Waals surface area contributed by atoms with Crippen LogP contribution in [0.4, 0.5) is 0 Å². The number of rotatable bonds is 3. The molecule has 3 nitrogen and oxygen atoms in total. The summed E-state index contributed by atoms with van der Waals surface area (Å²) in [5.41, 5.74) is 7.75. The third kappa shape index (κ3) is 3.07. The Kier molecular flexibility index (Phi) is 3.70. The number of carboxylic acid groups (broad SMARTS) is 1. The van der Waals surface area contributed by atoms with E-state index in [1.54, 1.807) is 0 Å². The minimum Gasteiger partial charge on any atom is -0.480 e. The van der Waals surface area contributed by atoms with Crippen molar-refractivity contribution in [3.8, 4) is 0 Å². The quantitative estimate of drug-likeness (QED) is 0.819. The summed E-state index contributed by atoms with van der Waals surface area (Å²) in [6.07, 6.45) is 0.378. The van der Waals surface area contributed by atoms with Crippen molar-refractivity contribution in [1.82, 2.24) is 0 Å². The van der Waals surface area contributed by atoms with E-state index in [0.29, 0.717) is 6.42 Å². The highest BCUT2D eigenvalue weighted by molar-refractivity contribution is 5.73. The van der Waals surface area contributed by atoms with Crippen molar-refractivity contribution in [2.45, 2.75) is 38.6 Å². The van der Waals surface area contributed by atoms with E-state index in [0.717, 1.165) is 11.1 Å². The van der Waals surface area contributed by atoms with E-state index in [1.807, 2.05) is 24.3 Å². The second-order valence-corrected chi connectivity index (χ2v) is 5.06. The Bertz CT molecular complexity index is 380. The summed E-state index contributed by atoms with van der Waals surface area (Å²) in [6.45, 7) is 6.33. The first-order valence-electron chi connectivity index (χ1n) is 5.39. The van der Waals surface area contributed by atoms with Crippen molar-refractivity contribution in [3.63, 3.8) is 0 Å². The van der Waals surface area contributed by atoms with Crippen LogP contribution in [0.25, 0.3) is 0 Å². The number of benzene rings is 1. The molecule has 0 spiro atoms. The van der Waals surface area contributed by atoms with Gasteiger partial charge in [-0.2, -0.15) is 0 Å². The summed E-state index contributed by atoms with van der Waals surface area (Å²) in [7, 11) is 0. The molecule has 16 heavy (non-hydrogen) atoms. The molecule has 88 valence electrons. The number of aliphatic carboxylic acids is 1. The second-order valence-electron chi connectivity index (χ2n) is 5.06. The molecule has 0 heterocycles. The summed E-state index contributed by atoms with van der Waals surface area (Å²) in [4.78, 5) is 10.7. The molecule has 0 amide bonds. The molecule has 0 aliphatic carbocycles. The molecular formula is C13H19NO2. The minimum absolute atomic E-state index is 0.00875. The van der Waals surface area contributed by atoms with Gasteiger partial charge in [-0.15, -0.1) is 0 Å². The highest BCUT2D eigenvalue weighted by Crippen LogP contribution is 2.26. The third-order valence-corrected chi connectivity index (χ3v) is 2.58. The Labute approximate surface area is 96.3 Å². The van der Waals surface area contributed by atoms with Gasteiger partial charge in [-0.1, -0.05) is 45.0 Å². The molecule has 3 heteroatoms. The monoisotopic (exact) mass is 221 g/mol. The largest absolute Gasteiger partial charge is 0.480 e. The van der Waals surface area contributed by atoms with Crippen LogP contribution in [-0.4, -0.2) is 17.1 Å². The maximum atomic E-state index is 10.7. The molecule has 0 saturated carbocycles. The van der Waals surface area contributed by atoms with Gasteiger partial charge >= 0.3 is 5.97 Å². The Balaban J connectivity index is 3.01. The summed E-state index contributed by atoms with van der Waals surface area (Å²) in [6, 6.07) is 7.03. The molecule has 0 aliphatic heterocycles. The van der Waals surface area contributed by atoms with Crippen LogP contribution in [0.15, 0.2) is 24.3 Å². The van der Waals surface area contributed by atoms with Crippen molar-refractivity contribution in [2.24, 2.45) is 5.73 Å². The number of hydrogen-bond acceptors (Lipinski definition) is 2. The lowest BCUT2D eigenvalue weighted by molar-refractivity contribution is -0.138. The number of nitrogens with two attached hydrogens (primary N) is 1. The normalized spacial score (nSPS) is 13.5. The molecule has 0 saturated heterocycles. The van der Waals surface area contributed by atoms with Gasteiger partial charge in [-0.05, 0) is 23.0 Å². The van der Waals surface area contributed by atoms with E-state index in [9.17, 15) is 4.79 Å². The molecular weight excluding hydrogens is 202 g/mol. The van der Waals surface area contributed by atoms with Gasteiger partial charge in [0.2, 0.25) is 0 Å². The highest BCUT2D eigenvalue weighted by Gasteiger charge is 2.20. The molecule has 1 rings (SSSR count). The van der Waals surface area contributed by atoms with Gasteiger partial charge in [0.1, 0.15) is 6.04 Å². The lowest BCUT2D eigenvalue weighted by Gasteiger charge is -2.23. The van der Waals surface area contributed by atoms with Crippen LogP contribution in [0, 0.1) is 0 Å². The zero-order valence-corrected chi connectivity index (χ0v) is 10.0. The molecule has 3 N–H and O–H groups in total. The molecule has 1 aromatic carbocycles. The second kappa shape index (κ2) is 4.66. The SMILES string of the molecule is CC(C)(C)c1ccccc1C[C@@H](N)C(=O)O. The van der Waals surface area contributed by atoms with Crippen LogP contribution in [-0.2, 0) is 16.6 Å². The molecule has 0 fully saturated rings. The zero-order chi connectivity index (χ0) is 12.3. The van der Waals surface area contributed by atoms with Gasteiger partial charge in [0.05, 0.1) is 0 Å². The first-order chi connectivity index (χ1) is 7.32. The Hall–Kier alpha value is -1.35. The van der Waals surface area contributed by atoms with Crippen LogP contribution in [0.2, 0.25) is 0 Å². The maximum Gasteiger partial charge on any atom is 0.320 e. The topological polar surface area (TPSA) is 63.3 Å². The summed E-state index contributed by atoms with van der Waals surface area (Å²) in [5.74, 6) is -0.955. The van der Waals surface area contributed by atoms with Gasteiger partial charge in [0.15, 0.2) is 0 Å². The summed E-state index contributed by atoms with van der Waals surface area (Å²) in [5, 5.41) is 8.81. The Morgan fingerprint density at radius 1 is 1.38 bits per heavy atom. The molecule has 1 aromatic rings. The predicted molar refractivity (Wildman–Crippen MR) is 64.5 cm³/mol. The van der Waals surface area contributed by atoms with Gasteiger partial charge in [-0.25, -0.2) is 0 Å². The van der Waals surface area contributed by atoms with Crippen LogP contribution >= 0.6 is 0 Å². The van der Waals surface area contributed by atoms with Crippen LogP contribution in [0.5, 0.6) is 0 Å². The number of hydrogen-bond donors (Lipinski definition) is 2. The first kappa shape index (κ1) is 12.7. The number of carbonyl (C=O) groups is 1. The molecule has 1 atom stereocenters. The standard InChI is InChI=1S/C13H19NO2/c1-13(2,3)10-7-5-4-6-9(10)8-11(14)12(15)16/h4-7,11H,8,14H2,1-3H3,(H,15,16)/t11-/m1/s1. The van der Waals surface area contributed by atoms with Crippen LogP contribution < -0.4 is 5.73 Å². The van der Waals surface area contributed by atoms with E-state index >= 15 is 0 Å². The smallest absolute Gasteiger partial charge is 0.320 e. The van der Waals surface area contributed by atoms with Crippen LogP contribution in [0.1, 0.15) is 31.9 Å². The van der Waals surface area contributed by atoms with Crippen molar-refractivity contribution in [1.29, 1.82) is 0 Å². The third-order valence-electron chi connectivity index (χ3n) is 2.58. The Morgan fingerprint density at radius 2 is 1.94 bits per heavy atom. The van der Waals surface area contributed by atoms with E-state index in [1.165, 1.54) is 0 Å². The predicted octanol–water partition coefficient (Wildman–Crippen LogP) is 1.94. The minimum atomic E-state index is -0.955. The van der Waals surface area contributed by atoms with Gasteiger partial charge in [0.25, 0.3) is 0 Å². The van der Waals surface area contributed by atoms with Crippen molar-refractivity contribution >= 4 is 5.97 Å². The molecule has 0 unspecified atom stereocenters. The van der Waals surface area contributed by atoms with E-state index in [4.69, 9.17) is 10.8 Å². The van der Waals surface area contributed by atoms with E-state index in [-0.39, 0.29) is 5.41 Å². The lowest BCUT2D eigenvalue weighted by Crippen LogP contribution is -2.33. The van der Waals surface area contributed by atoms with Crippen molar-refractivity contribution < 1.29 is 9.90 Å². The summed E-state index contributed by atoms with van der Waals surface area (Å²) >= 11 is 0. The zero-order valence-electron chi connectivity index (χ0n) is 10.0. The van der Waals surface area contributed by atoms with Crippen LogP contribution in [0.3, 0.4) is 0 Å². The molecule has 0 aliphatic rings. The molecule has 0 bridgehead atoms. The van der Waals surface area contributed by atoms with Gasteiger partial charge in [0, 0.05) is 0 Å². The van der Waals surface area contributed by atoms with E-state index in [2.05, 4.69) is 20.8 Å². The van der Waals surface area contributed by atoms with Gasteiger partial charge in [-0.3, -0.25) is 4.79 Å². The maximum absolute atomic E-state index is 10.7. The fourth-order valence-electron chi connectivity index (χ4n) is 1.75. The first-order valence-corrected chi connectivity index (χ1v) is 5.39. The Morgan fingerprint density at radius 3 is 2.44 bits per heavy atom. The molecule has 0 aromatic heterocycles.